The van der Waals surface area contributed by atoms with Crippen LogP contribution in [0.2, 0.25) is 0 Å². The van der Waals surface area contributed by atoms with Crippen molar-refractivity contribution in [1.29, 1.82) is 0 Å². The summed E-state index contributed by atoms with van der Waals surface area (Å²) >= 11 is 0. The first-order chi connectivity index (χ1) is 9.35. The molecule has 2 aromatic heterocycles. The number of nitrogens with one attached hydrogen (secondary N) is 1. The Morgan fingerprint density at radius 2 is 2.10 bits per heavy atom. The third-order valence-electron chi connectivity index (χ3n) is 2.65. The van der Waals surface area contributed by atoms with Gasteiger partial charge in [-0.25, -0.2) is 9.67 Å². The van der Waals surface area contributed by atoms with Gasteiger partial charge in [0.2, 0.25) is 0 Å². The quantitative estimate of drug-likeness (QED) is 0.909. The molecule has 0 amide bonds. The minimum atomic E-state index is -2.60. The molecule has 0 saturated carbocycles. The lowest BCUT2D eigenvalue weighted by molar-refractivity contribution is 0.0665. The van der Waals surface area contributed by atoms with E-state index in [0.29, 0.717) is 6.54 Å². The van der Waals surface area contributed by atoms with Crippen LogP contribution in [-0.4, -0.2) is 30.1 Å². The molecule has 1 N–H and O–H groups in total. The van der Waals surface area contributed by atoms with Gasteiger partial charge in [-0.15, -0.1) is 5.10 Å². The van der Waals surface area contributed by atoms with Gasteiger partial charge in [0, 0.05) is 24.5 Å². The lowest BCUT2D eigenvalue weighted by atomic mass is 10.1. The number of halogens is 2. The van der Waals surface area contributed by atoms with Crippen molar-refractivity contribution < 1.29 is 8.78 Å². The summed E-state index contributed by atoms with van der Waals surface area (Å²) in [7, 11) is 0. The molecule has 2 heterocycles. The fraction of sp³-hybridized carbons (Fsp3) is 0.583. The Hall–Kier alpha value is -1.83. The van der Waals surface area contributed by atoms with Gasteiger partial charge in [0.05, 0.1) is 11.9 Å². The predicted molar refractivity (Wildman–Crippen MR) is 69.2 cm³/mol. The third kappa shape index (κ3) is 3.83. The minimum Gasteiger partial charge on any atom is -0.306 e. The number of hydrogen-bond donors (Lipinski definition) is 1. The second-order valence-electron chi connectivity index (χ2n) is 5.54. The smallest absolute Gasteiger partial charge is 0.306 e. The maximum Gasteiger partial charge on any atom is 0.319 e. The molecule has 8 heteroatoms. The van der Waals surface area contributed by atoms with Gasteiger partial charge in [-0.2, -0.15) is 8.78 Å². The Bertz CT molecular complexity index is 554. The maximum absolute atomic E-state index is 12.7. The average molecular weight is 284 g/mol. The first kappa shape index (κ1) is 14.6. The van der Waals surface area contributed by atoms with E-state index >= 15 is 0 Å². The minimum absolute atomic E-state index is 0.0181. The second kappa shape index (κ2) is 5.66. The van der Waals surface area contributed by atoms with Crippen molar-refractivity contribution in [2.75, 3.05) is 0 Å². The van der Waals surface area contributed by atoms with Gasteiger partial charge in [-0.1, -0.05) is 5.21 Å². The van der Waals surface area contributed by atoms with E-state index in [1.54, 1.807) is 6.20 Å². The molecule has 0 aromatic carbocycles. The Morgan fingerprint density at radius 3 is 2.75 bits per heavy atom. The zero-order valence-electron chi connectivity index (χ0n) is 11.7. The van der Waals surface area contributed by atoms with Crippen LogP contribution < -0.4 is 5.32 Å². The van der Waals surface area contributed by atoms with E-state index in [2.05, 4.69) is 41.4 Å². The molecule has 0 spiro atoms. The summed E-state index contributed by atoms with van der Waals surface area (Å²) in [5.74, 6) is 0.250. The highest BCUT2D eigenvalue weighted by molar-refractivity contribution is 4.97. The van der Waals surface area contributed by atoms with E-state index in [1.807, 2.05) is 0 Å². The van der Waals surface area contributed by atoms with Crippen LogP contribution in [0, 0.1) is 0 Å². The fourth-order valence-corrected chi connectivity index (χ4v) is 1.64. The van der Waals surface area contributed by atoms with Gasteiger partial charge in [0.1, 0.15) is 12.4 Å². The lowest BCUT2D eigenvalue weighted by Gasteiger charge is -2.19. The standard InChI is InChI=1S/C12H18F2N6/c1-12(2,3)16-6-9-7-19(18-17-9)8-10-15-4-5-20(10)11(13)14/h4-5,7,11,16H,6,8H2,1-3H3. The topological polar surface area (TPSA) is 60.6 Å². The van der Waals surface area contributed by atoms with E-state index in [4.69, 9.17) is 0 Å². The molecular weight excluding hydrogens is 266 g/mol. The highest BCUT2D eigenvalue weighted by atomic mass is 19.3. The monoisotopic (exact) mass is 284 g/mol. The Morgan fingerprint density at radius 1 is 1.35 bits per heavy atom. The number of hydrogen-bond acceptors (Lipinski definition) is 4. The number of aromatic nitrogens is 5. The lowest BCUT2D eigenvalue weighted by Crippen LogP contribution is -2.35. The largest absolute Gasteiger partial charge is 0.319 e. The molecule has 0 fully saturated rings. The van der Waals surface area contributed by atoms with E-state index in [-0.39, 0.29) is 17.9 Å². The molecule has 2 aromatic rings. The summed E-state index contributed by atoms with van der Waals surface area (Å²) in [6.45, 7) is 4.30. The van der Waals surface area contributed by atoms with Crippen LogP contribution in [0.5, 0.6) is 0 Å². The van der Waals surface area contributed by atoms with E-state index in [1.165, 1.54) is 17.1 Å². The SMILES string of the molecule is CC(C)(C)NCc1cn(Cc2nccn2C(F)F)nn1. The molecule has 0 atom stereocenters. The van der Waals surface area contributed by atoms with Crippen molar-refractivity contribution >= 4 is 0 Å². The second-order valence-corrected chi connectivity index (χ2v) is 5.54. The van der Waals surface area contributed by atoms with Crippen LogP contribution in [0.4, 0.5) is 8.78 Å². The molecule has 0 aliphatic rings. The Labute approximate surface area is 115 Å². The van der Waals surface area contributed by atoms with Crippen molar-refractivity contribution in [3.63, 3.8) is 0 Å². The van der Waals surface area contributed by atoms with Crippen molar-refractivity contribution in [3.05, 3.63) is 30.1 Å². The van der Waals surface area contributed by atoms with Gasteiger partial charge < -0.3 is 5.32 Å². The van der Waals surface area contributed by atoms with Crippen LogP contribution in [0.15, 0.2) is 18.6 Å². The summed E-state index contributed by atoms with van der Waals surface area (Å²) in [6.07, 6.45) is 4.32. The van der Waals surface area contributed by atoms with E-state index in [9.17, 15) is 8.78 Å². The third-order valence-corrected chi connectivity index (χ3v) is 2.65. The number of imidazole rings is 1. The maximum atomic E-state index is 12.7. The van der Waals surface area contributed by atoms with Gasteiger partial charge in [-0.05, 0) is 20.8 Å². The van der Waals surface area contributed by atoms with Crippen molar-refractivity contribution in [2.24, 2.45) is 0 Å². The van der Waals surface area contributed by atoms with E-state index < -0.39 is 6.55 Å². The molecule has 0 saturated heterocycles. The molecule has 0 aliphatic carbocycles. The summed E-state index contributed by atoms with van der Waals surface area (Å²) in [5.41, 5.74) is 0.741. The van der Waals surface area contributed by atoms with Gasteiger partial charge in [-0.3, -0.25) is 4.57 Å². The van der Waals surface area contributed by atoms with Crippen molar-refractivity contribution in [2.45, 2.75) is 45.9 Å². The number of alkyl halides is 2. The van der Waals surface area contributed by atoms with Crippen LogP contribution >= 0.6 is 0 Å². The highest BCUT2D eigenvalue weighted by Gasteiger charge is 2.13. The summed E-state index contributed by atoms with van der Waals surface area (Å²) in [6, 6.07) is 0. The predicted octanol–water partition coefficient (Wildman–Crippen LogP) is 1.81. The zero-order valence-corrected chi connectivity index (χ0v) is 11.7. The molecule has 2 rings (SSSR count). The molecule has 0 unspecified atom stereocenters. The first-order valence-electron chi connectivity index (χ1n) is 6.29. The fourth-order valence-electron chi connectivity index (χ4n) is 1.64. The molecule has 0 aliphatic heterocycles. The van der Waals surface area contributed by atoms with Gasteiger partial charge in [0.25, 0.3) is 0 Å². The molecule has 20 heavy (non-hydrogen) atoms. The van der Waals surface area contributed by atoms with Gasteiger partial charge in [0.15, 0.2) is 0 Å². The Balaban J connectivity index is 2.01. The van der Waals surface area contributed by atoms with Crippen molar-refractivity contribution in [3.8, 4) is 0 Å². The highest BCUT2D eigenvalue weighted by Crippen LogP contribution is 2.13. The summed E-state index contributed by atoms with van der Waals surface area (Å²) in [5, 5.41) is 11.2. The zero-order chi connectivity index (χ0) is 14.8. The summed E-state index contributed by atoms with van der Waals surface area (Å²) in [4.78, 5) is 3.91. The summed E-state index contributed by atoms with van der Waals surface area (Å²) < 4.78 is 27.7. The van der Waals surface area contributed by atoms with E-state index in [0.717, 1.165) is 10.3 Å². The number of rotatable bonds is 5. The average Bonchev–Trinajstić information content (AvgIpc) is 2.95. The molecule has 6 nitrogen and oxygen atoms in total. The number of nitrogens with zero attached hydrogens (tertiary/aromatic N) is 5. The molecule has 0 radical (unpaired) electrons. The Kier molecular flexibility index (Phi) is 4.12. The molecule has 110 valence electrons. The normalized spacial score (nSPS) is 12.3. The first-order valence-corrected chi connectivity index (χ1v) is 6.29. The van der Waals surface area contributed by atoms with Gasteiger partial charge >= 0.3 is 6.55 Å². The molecular formula is C12H18F2N6. The van der Waals surface area contributed by atoms with Crippen LogP contribution in [0.25, 0.3) is 0 Å². The molecule has 0 bridgehead atoms. The van der Waals surface area contributed by atoms with Crippen LogP contribution in [0.1, 0.15) is 38.8 Å². The van der Waals surface area contributed by atoms with Crippen LogP contribution in [-0.2, 0) is 13.1 Å². The van der Waals surface area contributed by atoms with Crippen molar-refractivity contribution in [1.82, 2.24) is 29.9 Å². The van der Waals surface area contributed by atoms with Crippen LogP contribution in [0.3, 0.4) is 0 Å².